The number of anilines is 1. The van der Waals surface area contributed by atoms with E-state index in [9.17, 15) is 4.79 Å². The summed E-state index contributed by atoms with van der Waals surface area (Å²) < 4.78 is 0. The quantitative estimate of drug-likeness (QED) is 0.779. The van der Waals surface area contributed by atoms with Gasteiger partial charge in [0, 0.05) is 12.7 Å². The molecule has 1 aromatic carbocycles. The van der Waals surface area contributed by atoms with Gasteiger partial charge in [0.25, 0.3) is 0 Å². The number of rotatable bonds is 2. The highest BCUT2D eigenvalue weighted by atomic mass is 16.2. The van der Waals surface area contributed by atoms with Crippen LogP contribution in [0.15, 0.2) is 24.3 Å². The summed E-state index contributed by atoms with van der Waals surface area (Å²) in [5.74, 6) is 0.664. The SMILES string of the molecule is CCC1(C(C)C)CCc2ccccc2N(C)C1=O. The molecule has 1 heterocycles. The van der Waals surface area contributed by atoms with E-state index in [2.05, 4.69) is 39.0 Å². The minimum atomic E-state index is -0.201. The molecule has 1 unspecified atom stereocenters. The van der Waals surface area contributed by atoms with Gasteiger partial charge in [-0.25, -0.2) is 0 Å². The van der Waals surface area contributed by atoms with Gasteiger partial charge in [-0.05, 0) is 36.8 Å². The highest BCUT2D eigenvalue weighted by Gasteiger charge is 2.43. The Balaban J connectivity index is 2.48. The fraction of sp³-hybridized carbons (Fsp3) is 0.562. The number of hydrogen-bond donors (Lipinski definition) is 0. The van der Waals surface area contributed by atoms with Crippen LogP contribution in [0.4, 0.5) is 5.69 Å². The Hall–Kier alpha value is -1.31. The van der Waals surface area contributed by atoms with Gasteiger partial charge in [0.1, 0.15) is 0 Å². The first-order valence-corrected chi connectivity index (χ1v) is 6.89. The average molecular weight is 245 g/mol. The predicted molar refractivity (Wildman–Crippen MR) is 75.7 cm³/mol. The molecule has 0 radical (unpaired) electrons. The van der Waals surface area contributed by atoms with E-state index >= 15 is 0 Å². The van der Waals surface area contributed by atoms with Crippen molar-refractivity contribution in [3.05, 3.63) is 29.8 Å². The molecular formula is C16H23NO. The zero-order valence-corrected chi connectivity index (χ0v) is 11.9. The largest absolute Gasteiger partial charge is 0.315 e. The monoisotopic (exact) mass is 245 g/mol. The van der Waals surface area contributed by atoms with Crippen molar-refractivity contribution in [2.24, 2.45) is 11.3 Å². The highest BCUT2D eigenvalue weighted by Crippen LogP contribution is 2.42. The molecule has 0 saturated heterocycles. The van der Waals surface area contributed by atoms with Gasteiger partial charge in [-0.1, -0.05) is 39.0 Å². The van der Waals surface area contributed by atoms with Crippen LogP contribution in [-0.4, -0.2) is 13.0 Å². The molecule has 1 atom stereocenters. The first-order chi connectivity index (χ1) is 8.53. The van der Waals surface area contributed by atoms with Crippen LogP contribution in [0, 0.1) is 11.3 Å². The summed E-state index contributed by atoms with van der Waals surface area (Å²) in [7, 11) is 1.92. The van der Waals surface area contributed by atoms with Crippen LogP contribution in [-0.2, 0) is 11.2 Å². The van der Waals surface area contributed by atoms with Gasteiger partial charge in [0.05, 0.1) is 5.41 Å². The first kappa shape index (κ1) is 13.1. The van der Waals surface area contributed by atoms with Crippen molar-refractivity contribution in [1.29, 1.82) is 0 Å². The number of benzene rings is 1. The molecule has 98 valence electrons. The zero-order chi connectivity index (χ0) is 13.3. The lowest BCUT2D eigenvalue weighted by Crippen LogP contribution is -2.44. The van der Waals surface area contributed by atoms with E-state index in [0.29, 0.717) is 5.92 Å². The molecule has 0 fully saturated rings. The molecule has 0 N–H and O–H groups in total. The number of para-hydroxylation sites is 1. The minimum absolute atomic E-state index is 0.201. The van der Waals surface area contributed by atoms with Crippen molar-refractivity contribution in [2.45, 2.75) is 40.0 Å². The molecule has 1 aromatic rings. The number of hydrogen-bond acceptors (Lipinski definition) is 1. The Morgan fingerprint density at radius 3 is 2.61 bits per heavy atom. The van der Waals surface area contributed by atoms with Gasteiger partial charge < -0.3 is 4.90 Å². The predicted octanol–water partition coefficient (Wildman–Crippen LogP) is 3.65. The van der Waals surface area contributed by atoms with Crippen molar-refractivity contribution >= 4 is 11.6 Å². The molecular weight excluding hydrogens is 222 g/mol. The summed E-state index contributed by atoms with van der Waals surface area (Å²) in [6.07, 6.45) is 2.88. The summed E-state index contributed by atoms with van der Waals surface area (Å²) in [6, 6.07) is 8.27. The maximum atomic E-state index is 12.8. The lowest BCUT2D eigenvalue weighted by atomic mass is 9.71. The molecule has 0 spiro atoms. The van der Waals surface area contributed by atoms with Gasteiger partial charge in [0.15, 0.2) is 0 Å². The van der Waals surface area contributed by atoms with E-state index in [1.807, 2.05) is 18.0 Å². The topological polar surface area (TPSA) is 20.3 Å². The van der Waals surface area contributed by atoms with Gasteiger partial charge in [-0.15, -0.1) is 0 Å². The molecule has 1 aliphatic rings. The lowest BCUT2D eigenvalue weighted by Gasteiger charge is -2.36. The molecule has 2 heteroatoms. The number of aryl methyl sites for hydroxylation is 1. The number of amides is 1. The standard InChI is InChI=1S/C16H23NO/c1-5-16(12(2)3)11-10-13-8-6-7-9-14(13)17(4)15(16)18/h6-9,12H,5,10-11H2,1-4H3. The number of fused-ring (bicyclic) bond motifs is 1. The van der Waals surface area contributed by atoms with E-state index in [0.717, 1.165) is 24.9 Å². The van der Waals surface area contributed by atoms with Crippen LogP contribution >= 0.6 is 0 Å². The summed E-state index contributed by atoms with van der Waals surface area (Å²) in [5, 5.41) is 0. The van der Waals surface area contributed by atoms with Crippen LogP contribution in [0.2, 0.25) is 0 Å². The summed E-state index contributed by atoms with van der Waals surface area (Å²) in [5.41, 5.74) is 2.18. The normalized spacial score (nSPS) is 24.1. The van der Waals surface area contributed by atoms with Crippen molar-refractivity contribution in [1.82, 2.24) is 0 Å². The number of carbonyl (C=O) groups excluding carboxylic acids is 1. The number of nitrogens with zero attached hydrogens (tertiary/aromatic N) is 1. The molecule has 1 aliphatic heterocycles. The second kappa shape index (κ2) is 4.75. The maximum Gasteiger partial charge on any atom is 0.233 e. The summed E-state index contributed by atoms with van der Waals surface area (Å²) >= 11 is 0. The molecule has 2 rings (SSSR count). The van der Waals surface area contributed by atoms with Crippen molar-refractivity contribution in [3.8, 4) is 0 Å². The first-order valence-electron chi connectivity index (χ1n) is 6.89. The van der Waals surface area contributed by atoms with E-state index in [-0.39, 0.29) is 11.3 Å². The van der Waals surface area contributed by atoms with Crippen LogP contribution in [0.1, 0.15) is 39.2 Å². The van der Waals surface area contributed by atoms with Crippen LogP contribution in [0.25, 0.3) is 0 Å². The van der Waals surface area contributed by atoms with E-state index in [1.165, 1.54) is 5.56 Å². The summed E-state index contributed by atoms with van der Waals surface area (Å²) in [4.78, 5) is 14.7. The zero-order valence-electron chi connectivity index (χ0n) is 11.9. The van der Waals surface area contributed by atoms with Gasteiger partial charge >= 0.3 is 0 Å². The fourth-order valence-corrected chi connectivity index (χ4v) is 3.23. The van der Waals surface area contributed by atoms with Crippen LogP contribution in [0.5, 0.6) is 0 Å². The van der Waals surface area contributed by atoms with E-state index in [1.54, 1.807) is 0 Å². The summed E-state index contributed by atoms with van der Waals surface area (Å²) in [6.45, 7) is 6.48. The Morgan fingerprint density at radius 1 is 1.33 bits per heavy atom. The second-order valence-electron chi connectivity index (χ2n) is 5.66. The Kier molecular flexibility index (Phi) is 3.47. The average Bonchev–Trinajstić information content (AvgIpc) is 2.48. The highest BCUT2D eigenvalue weighted by molar-refractivity contribution is 5.98. The Labute approximate surface area is 110 Å². The molecule has 0 aromatic heterocycles. The third kappa shape index (κ3) is 1.84. The van der Waals surface area contributed by atoms with Crippen LogP contribution < -0.4 is 4.90 Å². The lowest BCUT2D eigenvalue weighted by molar-refractivity contribution is -0.131. The van der Waals surface area contributed by atoms with Crippen molar-refractivity contribution < 1.29 is 4.79 Å². The molecule has 0 aliphatic carbocycles. The molecule has 0 saturated carbocycles. The third-order valence-corrected chi connectivity index (χ3v) is 4.66. The smallest absolute Gasteiger partial charge is 0.233 e. The van der Waals surface area contributed by atoms with Gasteiger partial charge in [-0.3, -0.25) is 4.79 Å². The second-order valence-corrected chi connectivity index (χ2v) is 5.66. The fourth-order valence-electron chi connectivity index (χ4n) is 3.23. The number of carbonyl (C=O) groups is 1. The van der Waals surface area contributed by atoms with Crippen LogP contribution in [0.3, 0.4) is 0 Å². The third-order valence-electron chi connectivity index (χ3n) is 4.66. The Morgan fingerprint density at radius 2 is 2.00 bits per heavy atom. The molecule has 2 nitrogen and oxygen atoms in total. The molecule has 1 amide bonds. The van der Waals surface area contributed by atoms with Crippen molar-refractivity contribution in [2.75, 3.05) is 11.9 Å². The van der Waals surface area contributed by atoms with Crippen molar-refractivity contribution in [3.63, 3.8) is 0 Å². The van der Waals surface area contributed by atoms with Gasteiger partial charge in [-0.2, -0.15) is 0 Å². The van der Waals surface area contributed by atoms with E-state index < -0.39 is 0 Å². The molecule has 0 bridgehead atoms. The van der Waals surface area contributed by atoms with E-state index in [4.69, 9.17) is 0 Å². The minimum Gasteiger partial charge on any atom is -0.315 e. The Bertz CT molecular complexity index is 452. The molecule has 18 heavy (non-hydrogen) atoms. The van der Waals surface area contributed by atoms with Gasteiger partial charge in [0.2, 0.25) is 5.91 Å². The maximum absolute atomic E-state index is 12.8.